The summed E-state index contributed by atoms with van der Waals surface area (Å²) in [6.45, 7) is -0.232. The minimum atomic E-state index is -4.67. The van der Waals surface area contributed by atoms with Crippen LogP contribution in [0.4, 0.5) is 5.13 Å². The number of aromatic nitrogens is 1. The number of nitrogens with zero attached hydrogens (tertiary/aromatic N) is 2. The molecule has 0 bridgehead atoms. The van der Waals surface area contributed by atoms with Gasteiger partial charge in [0, 0.05) is 20.5 Å². The van der Waals surface area contributed by atoms with Crippen LogP contribution in [-0.4, -0.2) is 31.0 Å². The van der Waals surface area contributed by atoms with Crippen molar-refractivity contribution in [2.45, 2.75) is 13.0 Å². The minimum absolute atomic E-state index is 0.0127. The molecule has 0 aliphatic rings. The fourth-order valence-electron chi connectivity index (χ4n) is 2.63. The Balaban J connectivity index is 2.09. The molecule has 1 N–H and O–H groups in total. The number of anilines is 1. The summed E-state index contributed by atoms with van der Waals surface area (Å²) in [6.07, 6.45) is -0.114. The summed E-state index contributed by atoms with van der Waals surface area (Å²) in [5.41, 5.74) is 1.51. The molecule has 1 aromatic heterocycles. The van der Waals surface area contributed by atoms with Gasteiger partial charge in [0.1, 0.15) is 0 Å². The van der Waals surface area contributed by atoms with E-state index in [0.717, 1.165) is 15.6 Å². The molecule has 11 heteroatoms. The van der Waals surface area contributed by atoms with E-state index in [4.69, 9.17) is 27.9 Å². The molecule has 30 heavy (non-hydrogen) atoms. The molecular weight excluding hydrogens is 471 g/mol. The van der Waals surface area contributed by atoms with Gasteiger partial charge >= 0.3 is 16.3 Å². The van der Waals surface area contributed by atoms with Crippen molar-refractivity contribution in [3.63, 3.8) is 0 Å². The number of carbonyl (C=O) groups is 1. The van der Waals surface area contributed by atoms with Gasteiger partial charge in [-0.15, -0.1) is 0 Å². The largest absolute Gasteiger partial charge is 0.469 e. The maximum atomic E-state index is 12.1. The SMILES string of the molecule is COC(=O)Cc1sc(N(Cc2ccccc2Cl)S(=O)(=O)O)nc1-c1ccc(Cl)cc1. The standard InChI is InChI=1S/C19H16Cl2N2O5S2/c1-28-17(24)10-16-18(12-6-8-14(20)9-7-12)22-19(29-16)23(30(25,26)27)11-13-4-2-3-5-15(13)21/h2-9H,10-11H2,1H3,(H,25,26,27). The lowest BCUT2D eigenvalue weighted by Gasteiger charge is -2.18. The topological polar surface area (TPSA) is 96.8 Å². The van der Waals surface area contributed by atoms with E-state index in [1.165, 1.54) is 7.11 Å². The van der Waals surface area contributed by atoms with Crippen LogP contribution < -0.4 is 4.31 Å². The number of benzene rings is 2. The first-order valence-electron chi connectivity index (χ1n) is 8.50. The Morgan fingerprint density at radius 2 is 1.83 bits per heavy atom. The third-order valence-corrected chi connectivity index (χ3v) is 6.77. The van der Waals surface area contributed by atoms with Crippen molar-refractivity contribution in [2.75, 3.05) is 11.4 Å². The van der Waals surface area contributed by atoms with Gasteiger partial charge in [0.2, 0.25) is 5.13 Å². The van der Waals surface area contributed by atoms with Crippen LogP contribution in [0.15, 0.2) is 48.5 Å². The van der Waals surface area contributed by atoms with E-state index in [0.29, 0.717) is 31.7 Å². The molecule has 3 aromatic rings. The third kappa shape index (κ3) is 5.30. The number of ether oxygens (including phenoxy) is 1. The molecule has 0 aliphatic heterocycles. The number of thiazole rings is 1. The highest BCUT2D eigenvalue weighted by Gasteiger charge is 2.27. The van der Waals surface area contributed by atoms with E-state index >= 15 is 0 Å². The Morgan fingerprint density at radius 3 is 2.43 bits per heavy atom. The molecule has 0 amide bonds. The zero-order valence-corrected chi connectivity index (χ0v) is 18.7. The van der Waals surface area contributed by atoms with Crippen LogP contribution in [0, 0.1) is 0 Å². The second-order valence-corrected chi connectivity index (χ2v) is 9.35. The Labute approximate surface area is 187 Å². The molecule has 0 saturated heterocycles. The lowest BCUT2D eigenvalue weighted by molar-refractivity contribution is -0.139. The molecule has 1 heterocycles. The van der Waals surface area contributed by atoms with Crippen LogP contribution in [0.2, 0.25) is 10.0 Å². The zero-order valence-electron chi connectivity index (χ0n) is 15.6. The van der Waals surface area contributed by atoms with E-state index in [9.17, 15) is 17.8 Å². The quantitative estimate of drug-likeness (QED) is 0.385. The molecule has 0 atom stereocenters. The summed E-state index contributed by atoms with van der Waals surface area (Å²) in [5, 5.41) is 0.846. The average Bonchev–Trinajstić information content (AvgIpc) is 3.10. The van der Waals surface area contributed by atoms with E-state index in [2.05, 4.69) is 4.98 Å². The Hall–Kier alpha value is -2.17. The van der Waals surface area contributed by atoms with Crippen molar-refractivity contribution in [1.29, 1.82) is 0 Å². The first-order chi connectivity index (χ1) is 14.2. The van der Waals surface area contributed by atoms with Gasteiger partial charge in [-0.25, -0.2) is 9.29 Å². The minimum Gasteiger partial charge on any atom is -0.469 e. The molecule has 7 nitrogen and oxygen atoms in total. The van der Waals surface area contributed by atoms with Crippen LogP contribution in [0.3, 0.4) is 0 Å². The van der Waals surface area contributed by atoms with E-state index in [1.54, 1.807) is 48.5 Å². The predicted molar refractivity (Wildman–Crippen MR) is 117 cm³/mol. The van der Waals surface area contributed by atoms with Gasteiger partial charge in [-0.3, -0.25) is 9.35 Å². The number of hydrogen-bond acceptors (Lipinski definition) is 6. The highest BCUT2D eigenvalue weighted by molar-refractivity contribution is 7.87. The first-order valence-corrected chi connectivity index (χ1v) is 11.5. The second kappa shape index (κ2) is 9.32. The van der Waals surface area contributed by atoms with Crippen molar-refractivity contribution >= 4 is 55.9 Å². The molecule has 0 spiro atoms. The summed E-state index contributed by atoms with van der Waals surface area (Å²) in [4.78, 5) is 16.7. The summed E-state index contributed by atoms with van der Waals surface area (Å²) in [7, 11) is -3.42. The van der Waals surface area contributed by atoms with Crippen LogP contribution in [0.5, 0.6) is 0 Å². The zero-order chi connectivity index (χ0) is 21.9. The van der Waals surface area contributed by atoms with E-state index in [-0.39, 0.29) is 18.1 Å². The molecule has 3 rings (SSSR count). The molecule has 0 saturated carbocycles. The number of methoxy groups -OCH3 is 1. The average molecular weight is 487 g/mol. The maximum absolute atomic E-state index is 12.1. The van der Waals surface area contributed by atoms with Crippen molar-refractivity contribution in [1.82, 2.24) is 4.98 Å². The summed E-state index contributed by atoms with van der Waals surface area (Å²) in [5.74, 6) is -0.509. The smallest absolute Gasteiger partial charge is 0.362 e. The van der Waals surface area contributed by atoms with Crippen LogP contribution in [0.25, 0.3) is 11.3 Å². The second-order valence-electron chi connectivity index (χ2n) is 6.10. The van der Waals surface area contributed by atoms with Gasteiger partial charge in [0.05, 0.1) is 25.8 Å². The van der Waals surface area contributed by atoms with Gasteiger partial charge in [-0.05, 0) is 23.8 Å². The van der Waals surface area contributed by atoms with Crippen molar-refractivity contribution in [3.05, 3.63) is 69.0 Å². The third-order valence-electron chi connectivity index (χ3n) is 4.10. The highest BCUT2D eigenvalue weighted by atomic mass is 35.5. The number of esters is 1. The molecule has 0 aliphatic carbocycles. The summed E-state index contributed by atoms with van der Waals surface area (Å²) < 4.78 is 39.5. The number of carbonyl (C=O) groups excluding carboxylic acids is 1. The van der Waals surface area contributed by atoms with Crippen LogP contribution in [0.1, 0.15) is 10.4 Å². The maximum Gasteiger partial charge on any atom is 0.362 e. The van der Waals surface area contributed by atoms with Crippen molar-refractivity contribution in [2.24, 2.45) is 0 Å². The monoisotopic (exact) mass is 486 g/mol. The molecule has 0 radical (unpaired) electrons. The van der Waals surface area contributed by atoms with E-state index < -0.39 is 16.3 Å². The Morgan fingerprint density at radius 1 is 1.17 bits per heavy atom. The summed E-state index contributed by atoms with van der Waals surface area (Å²) >= 11 is 13.0. The molecule has 0 unspecified atom stereocenters. The van der Waals surface area contributed by atoms with Gasteiger partial charge in [-0.1, -0.05) is 64.9 Å². The van der Waals surface area contributed by atoms with Gasteiger partial charge < -0.3 is 4.74 Å². The number of halogens is 2. The fourth-order valence-corrected chi connectivity index (χ4v) is 4.86. The fraction of sp³-hybridized carbons (Fsp3) is 0.158. The van der Waals surface area contributed by atoms with Crippen molar-refractivity contribution in [3.8, 4) is 11.3 Å². The number of rotatable bonds is 7. The van der Waals surface area contributed by atoms with Gasteiger partial charge in [0.25, 0.3) is 0 Å². The normalized spacial score (nSPS) is 11.3. The van der Waals surface area contributed by atoms with Crippen LogP contribution in [-0.2, 0) is 32.8 Å². The molecular formula is C19H16Cl2N2O5S2. The van der Waals surface area contributed by atoms with Gasteiger partial charge in [0.15, 0.2) is 0 Å². The van der Waals surface area contributed by atoms with Crippen molar-refractivity contribution < 1.29 is 22.5 Å². The van der Waals surface area contributed by atoms with E-state index in [1.807, 2.05) is 0 Å². The van der Waals surface area contributed by atoms with Crippen LogP contribution >= 0.6 is 34.5 Å². The molecule has 0 fully saturated rings. The highest BCUT2D eigenvalue weighted by Crippen LogP contribution is 2.36. The van der Waals surface area contributed by atoms with Gasteiger partial charge in [-0.2, -0.15) is 8.42 Å². The molecule has 2 aromatic carbocycles. The lowest BCUT2D eigenvalue weighted by atomic mass is 10.1. The molecule has 158 valence electrons. The lowest BCUT2D eigenvalue weighted by Crippen LogP contribution is -2.29. The Kier molecular flexibility index (Phi) is 6.99. The summed E-state index contributed by atoms with van der Waals surface area (Å²) in [6, 6.07) is 13.4. The number of hydrogen-bond donors (Lipinski definition) is 1. The first kappa shape index (κ1) is 22.5. The Bertz CT molecular complexity index is 1160. The predicted octanol–water partition coefficient (Wildman–Crippen LogP) is 4.64.